The van der Waals surface area contributed by atoms with Gasteiger partial charge in [-0.25, -0.2) is 4.79 Å². The van der Waals surface area contributed by atoms with Gasteiger partial charge in [0.25, 0.3) is 0 Å². The van der Waals surface area contributed by atoms with Gasteiger partial charge in [0.2, 0.25) is 6.41 Å². The highest BCUT2D eigenvalue weighted by molar-refractivity contribution is 7.99. The molecule has 0 bridgehead atoms. The van der Waals surface area contributed by atoms with Gasteiger partial charge in [0.05, 0.1) is 5.60 Å². The number of aliphatic carboxylic acids is 1. The SMILES string of the molecule is O=CNC(CCSC1CCOC2(CCC2)C1)C(=O)O. The number of rotatable bonds is 7. The average molecular weight is 287 g/mol. The van der Waals surface area contributed by atoms with Crippen molar-refractivity contribution in [2.45, 2.75) is 55.4 Å². The van der Waals surface area contributed by atoms with Crippen LogP contribution in [0.5, 0.6) is 0 Å². The number of hydrogen-bond acceptors (Lipinski definition) is 4. The summed E-state index contributed by atoms with van der Waals surface area (Å²) >= 11 is 1.82. The van der Waals surface area contributed by atoms with Crippen LogP contribution in [-0.2, 0) is 14.3 Å². The fraction of sp³-hybridized carbons (Fsp3) is 0.846. The van der Waals surface area contributed by atoms with Gasteiger partial charge < -0.3 is 15.2 Å². The zero-order valence-electron chi connectivity index (χ0n) is 11.0. The van der Waals surface area contributed by atoms with Crippen molar-refractivity contribution in [2.24, 2.45) is 0 Å². The number of carbonyl (C=O) groups is 2. The van der Waals surface area contributed by atoms with Gasteiger partial charge in [0.15, 0.2) is 0 Å². The number of carboxylic acid groups (broad SMARTS) is 1. The van der Waals surface area contributed by atoms with Crippen LogP contribution < -0.4 is 5.32 Å². The Labute approximate surface area is 117 Å². The summed E-state index contributed by atoms with van der Waals surface area (Å²) in [6.07, 6.45) is 6.69. The maximum atomic E-state index is 10.9. The Balaban J connectivity index is 1.69. The van der Waals surface area contributed by atoms with Crippen LogP contribution in [0.4, 0.5) is 0 Å². The molecule has 108 valence electrons. The molecule has 0 aromatic heterocycles. The number of carbonyl (C=O) groups excluding carboxylic acids is 1. The fourth-order valence-electron chi connectivity index (χ4n) is 2.76. The second-order valence-corrected chi connectivity index (χ2v) is 6.74. The van der Waals surface area contributed by atoms with Gasteiger partial charge in [-0.3, -0.25) is 4.79 Å². The summed E-state index contributed by atoms with van der Waals surface area (Å²) in [6.45, 7) is 0.826. The zero-order valence-corrected chi connectivity index (χ0v) is 11.8. The highest BCUT2D eigenvalue weighted by Crippen LogP contribution is 2.45. The molecule has 6 heteroatoms. The van der Waals surface area contributed by atoms with E-state index in [2.05, 4.69) is 5.32 Å². The van der Waals surface area contributed by atoms with Crippen LogP contribution in [0.1, 0.15) is 38.5 Å². The van der Waals surface area contributed by atoms with Gasteiger partial charge >= 0.3 is 5.97 Å². The van der Waals surface area contributed by atoms with Crippen LogP contribution in [0.3, 0.4) is 0 Å². The molecule has 1 aliphatic carbocycles. The maximum Gasteiger partial charge on any atom is 0.326 e. The summed E-state index contributed by atoms with van der Waals surface area (Å²) in [4.78, 5) is 21.2. The molecule has 2 aliphatic rings. The molecule has 2 fully saturated rings. The van der Waals surface area contributed by atoms with Gasteiger partial charge in [0, 0.05) is 11.9 Å². The first-order valence-electron chi connectivity index (χ1n) is 6.83. The molecular formula is C13H21NO4S. The van der Waals surface area contributed by atoms with Gasteiger partial charge in [0.1, 0.15) is 6.04 Å². The van der Waals surface area contributed by atoms with Gasteiger partial charge in [-0.1, -0.05) is 0 Å². The molecule has 2 atom stereocenters. The van der Waals surface area contributed by atoms with Crippen molar-refractivity contribution in [3.05, 3.63) is 0 Å². The highest BCUT2D eigenvalue weighted by Gasteiger charge is 2.42. The van der Waals surface area contributed by atoms with E-state index in [9.17, 15) is 9.59 Å². The Morgan fingerprint density at radius 3 is 2.95 bits per heavy atom. The lowest BCUT2D eigenvalue weighted by molar-refractivity contribution is -0.140. The number of hydrogen-bond donors (Lipinski definition) is 2. The van der Waals surface area contributed by atoms with E-state index in [0.717, 1.165) is 25.2 Å². The van der Waals surface area contributed by atoms with Gasteiger partial charge in [-0.05, 0) is 44.3 Å². The smallest absolute Gasteiger partial charge is 0.326 e. The van der Waals surface area contributed by atoms with E-state index in [1.54, 1.807) is 0 Å². The number of ether oxygens (including phenoxy) is 1. The second kappa shape index (κ2) is 6.61. The minimum atomic E-state index is -0.963. The predicted octanol–water partition coefficient (Wildman–Crippen LogP) is 1.41. The minimum absolute atomic E-state index is 0.142. The Morgan fingerprint density at radius 1 is 1.58 bits per heavy atom. The first-order chi connectivity index (χ1) is 9.15. The van der Waals surface area contributed by atoms with Crippen molar-refractivity contribution in [3.8, 4) is 0 Å². The van der Waals surface area contributed by atoms with E-state index in [-0.39, 0.29) is 5.60 Å². The third-order valence-electron chi connectivity index (χ3n) is 4.04. The van der Waals surface area contributed by atoms with Crippen molar-refractivity contribution >= 4 is 24.1 Å². The monoisotopic (exact) mass is 287 g/mol. The molecule has 19 heavy (non-hydrogen) atoms. The summed E-state index contributed by atoms with van der Waals surface area (Å²) in [5.74, 6) is -0.200. The zero-order chi connectivity index (χ0) is 13.7. The Kier molecular flexibility index (Phi) is 5.10. The van der Waals surface area contributed by atoms with Crippen molar-refractivity contribution < 1.29 is 19.4 Å². The molecule has 1 saturated heterocycles. The molecule has 0 aromatic carbocycles. The second-order valence-electron chi connectivity index (χ2n) is 5.33. The van der Waals surface area contributed by atoms with E-state index in [1.165, 1.54) is 19.3 Å². The highest BCUT2D eigenvalue weighted by atomic mass is 32.2. The van der Waals surface area contributed by atoms with Crippen molar-refractivity contribution in [2.75, 3.05) is 12.4 Å². The Hall–Kier alpha value is -0.750. The lowest BCUT2D eigenvalue weighted by Gasteiger charge is -2.47. The molecular weight excluding hydrogens is 266 g/mol. The van der Waals surface area contributed by atoms with Crippen LogP contribution in [0.2, 0.25) is 0 Å². The average Bonchev–Trinajstić information content (AvgIpc) is 2.36. The van der Waals surface area contributed by atoms with Crippen LogP contribution >= 0.6 is 11.8 Å². The Morgan fingerprint density at radius 2 is 2.37 bits per heavy atom. The van der Waals surface area contributed by atoms with E-state index in [0.29, 0.717) is 18.1 Å². The molecule has 1 saturated carbocycles. The summed E-state index contributed by atoms with van der Waals surface area (Å²) in [6, 6.07) is -0.762. The molecule has 5 nitrogen and oxygen atoms in total. The molecule has 1 spiro atoms. The Bertz CT molecular complexity index is 333. The van der Waals surface area contributed by atoms with Crippen molar-refractivity contribution in [3.63, 3.8) is 0 Å². The topological polar surface area (TPSA) is 75.6 Å². The first kappa shape index (κ1) is 14.7. The van der Waals surface area contributed by atoms with Crippen LogP contribution in [-0.4, -0.2) is 46.7 Å². The number of amides is 1. The lowest BCUT2D eigenvalue weighted by atomic mass is 9.75. The van der Waals surface area contributed by atoms with Crippen LogP contribution in [0, 0.1) is 0 Å². The van der Waals surface area contributed by atoms with Crippen LogP contribution in [0.25, 0.3) is 0 Å². The summed E-state index contributed by atoms with van der Waals surface area (Å²) < 4.78 is 5.87. The number of thioether (sulfide) groups is 1. The predicted molar refractivity (Wildman–Crippen MR) is 73.3 cm³/mol. The third-order valence-corrected chi connectivity index (χ3v) is 5.39. The summed E-state index contributed by atoms with van der Waals surface area (Å²) in [5, 5.41) is 11.8. The molecule has 0 aromatic rings. The largest absolute Gasteiger partial charge is 0.480 e. The summed E-state index contributed by atoms with van der Waals surface area (Å²) in [5.41, 5.74) is 0.142. The molecule has 2 rings (SSSR count). The van der Waals surface area contributed by atoms with E-state index < -0.39 is 12.0 Å². The summed E-state index contributed by atoms with van der Waals surface area (Å²) in [7, 11) is 0. The maximum absolute atomic E-state index is 10.9. The van der Waals surface area contributed by atoms with Crippen LogP contribution in [0.15, 0.2) is 0 Å². The quantitative estimate of drug-likeness (QED) is 0.692. The molecule has 1 amide bonds. The van der Waals surface area contributed by atoms with Gasteiger partial charge in [-0.2, -0.15) is 11.8 Å². The van der Waals surface area contributed by atoms with E-state index in [1.807, 2.05) is 11.8 Å². The molecule has 1 aliphatic heterocycles. The third kappa shape index (κ3) is 3.86. The fourth-order valence-corrected chi connectivity index (χ4v) is 4.15. The minimum Gasteiger partial charge on any atom is -0.480 e. The number of nitrogens with one attached hydrogen (secondary N) is 1. The van der Waals surface area contributed by atoms with Crippen molar-refractivity contribution in [1.29, 1.82) is 0 Å². The lowest BCUT2D eigenvalue weighted by Crippen LogP contribution is -2.46. The van der Waals surface area contributed by atoms with E-state index in [4.69, 9.17) is 9.84 Å². The molecule has 2 N–H and O–H groups in total. The normalized spacial score (nSPS) is 26.4. The first-order valence-corrected chi connectivity index (χ1v) is 7.88. The van der Waals surface area contributed by atoms with E-state index >= 15 is 0 Å². The molecule has 1 heterocycles. The number of carboxylic acids is 1. The molecule has 2 unspecified atom stereocenters. The van der Waals surface area contributed by atoms with Crippen molar-refractivity contribution in [1.82, 2.24) is 5.32 Å². The standard InChI is InChI=1S/C13H21NO4S/c15-9-14-11(12(16)17)3-7-19-10-2-6-18-13(8-10)4-1-5-13/h9-11H,1-8H2,(H,14,15)(H,16,17). The van der Waals surface area contributed by atoms with Gasteiger partial charge in [-0.15, -0.1) is 0 Å². The molecule has 0 radical (unpaired) electrons.